The molecule has 25 heavy (non-hydrogen) atoms. The van der Waals surface area contributed by atoms with E-state index in [2.05, 4.69) is 5.32 Å². The largest absolute Gasteiger partial charge is 0.476 e. The molecule has 132 valence electrons. The van der Waals surface area contributed by atoms with Crippen molar-refractivity contribution in [3.05, 3.63) is 59.1 Å². The fraction of sp³-hybridized carbons (Fsp3) is 0.235. The van der Waals surface area contributed by atoms with Gasteiger partial charge in [0.05, 0.1) is 18.5 Å². The molecule has 0 aliphatic carbocycles. The minimum Gasteiger partial charge on any atom is -0.476 e. The molecule has 1 unspecified atom stereocenters. The molecule has 0 fully saturated rings. The Morgan fingerprint density at radius 1 is 1.28 bits per heavy atom. The molecule has 1 aliphatic heterocycles. The number of hydrogen-bond acceptors (Lipinski definition) is 4. The number of rotatable bonds is 4. The highest BCUT2D eigenvalue weighted by Crippen LogP contribution is 2.37. The molecule has 3 rings (SSSR count). The first kappa shape index (κ1) is 17.6. The number of fused-ring (bicyclic) bond motifs is 1. The summed E-state index contributed by atoms with van der Waals surface area (Å²) in [4.78, 5) is 12.4. The molecule has 0 spiro atoms. The van der Waals surface area contributed by atoms with Gasteiger partial charge in [-0.15, -0.1) is 0 Å². The van der Waals surface area contributed by atoms with E-state index in [0.717, 1.165) is 16.1 Å². The van der Waals surface area contributed by atoms with E-state index < -0.39 is 16.1 Å². The van der Waals surface area contributed by atoms with Crippen molar-refractivity contribution in [2.75, 3.05) is 17.1 Å². The number of benzene rings is 2. The number of anilines is 1. The zero-order valence-electron chi connectivity index (χ0n) is 13.5. The molecule has 1 aliphatic rings. The Hall–Kier alpha value is -2.25. The number of nitrogens with one attached hydrogen (secondary N) is 1. The van der Waals surface area contributed by atoms with Gasteiger partial charge < -0.3 is 10.1 Å². The number of halogens is 1. The van der Waals surface area contributed by atoms with Crippen molar-refractivity contribution >= 4 is 33.2 Å². The fourth-order valence-corrected chi connectivity index (χ4v) is 3.65. The average Bonchev–Trinajstić information content (AvgIpc) is 2.58. The number of sulfonamides is 1. The number of nitrogens with zero attached hydrogens (tertiary/aromatic N) is 1. The van der Waals surface area contributed by atoms with Gasteiger partial charge in [0.1, 0.15) is 5.75 Å². The van der Waals surface area contributed by atoms with Gasteiger partial charge in [-0.05, 0) is 23.8 Å². The van der Waals surface area contributed by atoms with E-state index in [1.165, 1.54) is 6.07 Å². The number of hydrogen-bond donors (Lipinski definition) is 1. The van der Waals surface area contributed by atoms with E-state index in [0.29, 0.717) is 23.0 Å². The van der Waals surface area contributed by atoms with Crippen LogP contribution in [-0.4, -0.2) is 33.2 Å². The minimum atomic E-state index is -3.57. The van der Waals surface area contributed by atoms with Gasteiger partial charge in [0.2, 0.25) is 10.0 Å². The number of amides is 1. The Labute approximate surface area is 151 Å². The highest BCUT2D eigenvalue weighted by molar-refractivity contribution is 7.92. The second-order valence-electron chi connectivity index (χ2n) is 5.72. The fourth-order valence-electron chi connectivity index (χ4n) is 2.57. The third kappa shape index (κ3) is 4.05. The van der Waals surface area contributed by atoms with E-state index in [1.807, 2.05) is 30.3 Å². The van der Waals surface area contributed by atoms with Crippen LogP contribution < -0.4 is 14.4 Å². The Morgan fingerprint density at radius 2 is 2.00 bits per heavy atom. The van der Waals surface area contributed by atoms with Crippen LogP contribution in [0.5, 0.6) is 5.75 Å². The zero-order chi connectivity index (χ0) is 18.0. The van der Waals surface area contributed by atoms with E-state index in [-0.39, 0.29) is 12.5 Å². The van der Waals surface area contributed by atoms with E-state index in [4.69, 9.17) is 16.3 Å². The van der Waals surface area contributed by atoms with Crippen LogP contribution in [0.2, 0.25) is 5.02 Å². The molecule has 0 saturated carbocycles. The van der Waals surface area contributed by atoms with Crippen LogP contribution >= 0.6 is 11.6 Å². The second kappa shape index (κ2) is 6.93. The number of ether oxygens (including phenoxy) is 1. The van der Waals surface area contributed by atoms with Crippen LogP contribution in [0, 0.1) is 0 Å². The monoisotopic (exact) mass is 380 g/mol. The molecule has 1 amide bonds. The predicted molar refractivity (Wildman–Crippen MR) is 96.3 cm³/mol. The maximum atomic E-state index is 12.4. The van der Waals surface area contributed by atoms with Gasteiger partial charge in [0.15, 0.2) is 6.10 Å². The molecular formula is C17H17ClN2O4S. The molecule has 2 aromatic carbocycles. The second-order valence-corrected chi connectivity index (χ2v) is 8.06. The summed E-state index contributed by atoms with van der Waals surface area (Å²) in [5.41, 5.74) is 1.28. The first-order valence-corrected chi connectivity index (χ1v) is 9.83. The first-order chi connectivity index (χ1) is 11.8. The van der Waals surface area contributed by atoms with E-state index in [1.54, 1.807) is 12.1 Å². The van der Waals surface area contributed by atoms with Crippen LogP contribution in [-0.2, 0) is 21.4 Å². The molecular weight excluding hydrogens is 364 g/mol. The Kier molecular flexibility index (Phi) is 4.87. The van der Waals surface area contributed by atoms with Crippen LogP contribution in [0.25, 0.3) is 0 Å². The van der Waals surface area contributed by atoms with Crippen molar-refractivity contribution in [3.8, 4) is 5.75 Å². The lowest BCUT2D eigenvalue weighted by Gasteiger charge is -2.34. The summed E-state index contributed by atoms with van der Waals surface area (Å²) in [5, 5.41) is 3.16. The summed E-state index contributed by atoms with van der Waals surface area (Å²) in [6, 6.07) is 14.1. The van der Waals surface area contributed by atoms with Crippen LogP contribution in [0.1, 0.15) is 5.56 Å². The summed E-state index contributed by atoms with van der Waals surface area (Å²) in [6.45, 7) is 0.235. The van der Waals surface area contributed by atoms with Gasteiger partial charge in [-0.2, -0.15) is 0 Å². The average molecular weight is 381 g/mol. The summed E-state index contributed by atoms with van der Waals surface area (Å²) in [5.74, 6) is -0.0703. The number of carbonyl (C=O) groups is 1. The summed E-state index contributed by atoms with van der Waals surface area (Å²) >= 11 is 5.95. The lowest BCUT2D eigenvalue weighted by molar-refractivity contribution is -0.127. The molecule has 0 radical (unpaired) electrons. The SMILES string of the molecule is CS(=O)(=O)N1CC(C(=O)NCc2ccccc2)Oc2ccc(Cl)cc21. The highest BCUT2D eigenvalue weighted by atomic mass is 35.5. The first-order valence-electron chi connectivity index (χ1n) is 7.60. The smallest absolute Gasteiger partial charge is 0.263 e. The third-order valence-corrected chi connectivity index (χ3v) is 5.17. The molecule has 0 aromatic heterocycles. The Morgan fingerprint density at radius 3 is 2.68 bits per heavy atom. The predicted octanol–water partition coefficient (Wildman–Crippen LogP) is 2.18. The van der Waals surface area contributed by atoms with Crippen molar-refractivity contribution < 1.29 is 17.9 Å². The molecule has 1 heterocycles. The number of carbonyl (C=O) groups excluding carboxylic acids is 1. The lowest BCUT2D eigenvalue weighted by atomic mass is 10.2. The summed E-state index contributed by atoms with van der Waals surface area (Å²) < 4.78 is 31.0. The van der Waals surface area contributed by atoms with Gasteiger partial charge in [0.25, 0.3) is 5.91 Å². The molecule has 8 heteroatoms. The molecule has 1 atom stereocenters. The molecule has 1 N–H and O–H groups in total. The van der Waals surface area contributed by atoms with Gasteiger partial charge >= 0.3 is 0 Å². The molecule has 2 aromatic rings. The van der Waals surface area contributed by atoms with Crippen molar-refractivity contribution in [2.24, 2.45) is 0 Å². The summed E-state index contributed by atoms with van der Waals surface area (Å²) in [7, 11) is -3.57. The van der Waals surface area contributed by atoms with Gasteiger partial charge in [-0.3, -0.25) is 9.10 Å². The molecule has 0 saturated heterocycles. The quantitative estimate of drug-likeness (QED) is 0.882. The van der Waals surface area contributed by atoms with E-state index in [9.17, 15) is 13.2 Å². The van der Waals surface area contributed by atoms with E-state index >= 15 is 0 Å². The van der Waals surface area contributed by atoms with Gasteiger partial charge in [-0.25, -0.2) is 8.42 Å². The van der Waals surface area contributed by atoms with Crippen molar-refractivity contribution in [2.45, 2.75) is 12.6 Å². The van der Waals surface area contributed by atoms with Crippen molar-refractivity contribution in [3.63, 3.8) is 0 Å². The molecule has 0 bridgehead atoms. The van der Waals surface area contributed by atoms with Crippen LogP contribution in [0.4, 0.5) is 5.69 Å². The topological polar surface area (TPSA) is 75.7 Å². The Bertz CT molecular complexity index is 887. The standard InChI is InChI=1S/C17H17ClN2O4S/c1-25(22,23)20-11-16(24-15-8-7-13(18)9-14(15)20)17(21)19-10-12-5-3-2-4-6-12/h2-9,16H,10-11H2,1H3,(H,19,21). The third-order valence-electron chi connectivity index (χ3n) is 3.79. The van der Waals surface area contributed by atoms with Crippen LogP contribution in [0.3, 0.4) is 0 Å². The van der Waals surface area contributed by atoms with Crippen LogP contribution in [0.15, 0.2) is 48.5 Å². The highest BCUT2D eigenvalue weighted by Gasteiger charge is 2.35. The maximum Gasteiger partial charge on any atom is 0.263 e. The van der Waals surface area contributed by atoms with Crippen molar-refractivity contribution in [1.29, 1.82) is 0 Å². The maximum absolute atomic E-state index is 12.4. The minimum absolute atomic E-state index is 0.104. The Balaban J connectivity index is 1.79. The van der Waals surface area contributed by atoms with Gasteiger partial charge in [0, 0.05) is 11.6 Å². The lowest BCUT2D eigenvalue weighted by Crippen LogP contribution is -2.50. The zero-order valence-corrected chi connectivity index (χ0v) is 15.0. The van der Waals surface area contributed by atoms with Crippen molar-refractivity contribution in [1.82, 2.24) is 5.32 Å². The summed E-state index contributed by atoms with van der Waals surface area (Å²) in [6.07, 6.45) is 0.147. The van der Waals surface area contributed by atoms with Gasteiger partial charge in [-0.1, -0.05) is 41.9 Å². The molecule has 6 nitrogen and oxygen atoms in total. The normalized spacial score (nSPS) is 16.7.